The van der Waals surface area contributed by atoms with E-state index in [1.54, 1.807) is 35.2 Å². The monoisotopic (exact) mass is 421 g/mol. The largest absolute Gasteiger partial charge is 0.342 e. The van der Waals surface area contributed by atoms with Crippen molar-refractivity contribution in [3.63, 3.8) is 0 Å². The first kappa shape index (κ1) is 21.9. The van der Waals surface area contributed by atoms with Gasteiger partial charge in [0.25, 0.3) is 0 Å². The molecule has 3 rings (SSSR count). The van der Waals surface area contributed by atoms with Gasteiger partial charge in [0.1, 0.15) is 6.54 Å². The summed E-state index contributed by atoms with van der Waals surface area (Å²) in [6.07, 6.45) is 1.88. The van der Waals surface area contributed by atoms with Gasteiger partial charge in [-0.05, 0) is 56.3 Å². The average Bonchev–Trinajstić information content (AvgIpc) is 3.10. The van der Waals surface area contributed by atoms with E-state index >= 15 is 0 Å². The smallest absolute Gasteiger partial charge is 0.323 e. The van der Waals surface area contributed by atoms with E-state index in [9.17, 15) is 14.4 Å². The highest BCUT2D eigenvalue weighted by molar-refractivity contribution is 6.01. The quantitative estimate of drug-likeness (QED) is 0.536. The topological polar surface area (TPSA) is 95.5 Å². The fourth-order valence-electron chi connectivity index (χ4n) is 3.41. The summed E-state index contributed by atoms with van der Waals surface area (Å²) in [5, 5.41) is 9.17. The summed E-state index contributed by atoms with van der Waals surface area (Å²) in [6, 6.07) is 14.0. The molecule has 8 heteroatoms. The summed E-state index contributed by atoms with van der Waals surface area (Å²) in [5.74, 6) is -0.105. The molecule has 2 aromatic carbocycles. The Morgan fingerprint density at radius 3 is 2.16 bits per heavy atom. The number of hydrogen-bond acceptors (Lipinski definition) is 3. The zero-order valence-electron chi connectivity index (χ0n) is 17.9. The lowest BCUT2D eigenvalue weighted by atomic mass is 10.2. The Morgan fingerprint density at radius 2 is 1.52 bits per heavy atom. The molecule has 0 fully saturated rings. The first-order valence-electron chi connectivity index (χ1n) is 10.2. The van der Waals surface area contributed by atoms with Crippen molar-refractivity contribution >= 4 is 45.8 Å². The lowest BCUT2D eigenvalue weighted by molar-refractivity contribution is -0.131. The van der Waals surface area contributed by atoms with Crippen molar-refractivity contribution in [2.75, 3.05) is 29.0 Å². The molecule has 0 atom stereocenters. The molecule has 0 saturated carbocycles. The second-order valence-electron chi connectivity index (χ2n) is 7.12. The number of anilines is 3. The van der Waals surface area contributed by atoms with Gasteiger partial charge < -0.3 is 25.4 Å². The number of carbonyl (C=O) groups is 3. The van der Waals surface area contributed by atoms with Gasteiger partial charge in [-0.2, -0.15) is 0 Å². The number of nitrogens with zero attached hydrogens (tertiary/aromatic N) is 2. The van der Waals surface area contributed by atoms with Gasteiger partial charge in [0.05, 0.1) is 0 Å². The number of rotatable bonds is 7. The van der Waals surface area contributed by atoms with Gasteiger partial charge in [-0.15, -0.1) is 0 Å². The standard InChI is InChI=1S/C23H27N5O3/c1-4-27(5-2)22(30)15-28-12-11-17-13-20(9-10-21(17)28)26-23(31)25-19-8-6-7-18(14-19)24-16(3)29/h6-14H,4-5,15H2,1-3H3,(H,24,29)(H2,25,26,31). The van der Waals surface area contributed by atoms with E-state index in [1.165, 1.54) is 6.92 Å². The molecule has 0 unspecified atom stereocenters. The highest BCUT2D eigenvalue weighted by Crippen LogP contribution is 2.21. The number of urea groups is 1. The number of likely N-dealkylation sites (N-methyl/N-ethyl adjacent to an activating group) is 1. The molecule has 0 aliphatic rings. The minimum Gasteiger partial charge on any atom is -0.342 e. The van der Waals surface area contributed by atoms with Gasteiger partial charge in [0.2, 0.25) is 11.8 Å². The fraction of sp³-hybridized carbons (Fsp3) is 0.261. The maximum Gasteiger partial charge on any atom is 0.323 e. The lowest BCUT2D eigenvalue weighted by Gasteiger charge is -2.19. The van der Waals surface area contributed by atoms with Crippen LogP contribution >= 0.6 is 0 Å². The van der Waals surface area contributed by atoms with E-state index in [0.717, 1.165) is 10.9 Å². The van der Waals surface area contributed by atoms with Crippen LogP contribution in [0.3, 0.4) is 0 Å². The van der Waals surface area contributed by atoms with Gasteiger partial charge in [-0.3, -0.25) is 9.59 Å². The van der Waals surface area contributed by atoms with E-state index in [4.69, 9.17) is 0 Å². The van der Waals surface area contributed by atoms with E-state index in [1.807, 2.05) is 42.8 Å². The van der Waals surface area contributed by atoms with Crippen molar-refractivity contribution in [2.45, 2.75) is 27.3 Å². The first-order valence-corrected chi connectivity index (χ1v) is 10.2. The molecule has 0 bridgehead atoms. The van der Waals surface area contributed by atoms with Crippen molar-refractivity contribution in [3.8, 4) is 0 Å². The Morgan fingerprint density at radius 1 is 0.871 bits per heavy atom. The van der Waals surface area contributed by atoms with Crippen LogP contribution in [-0.2, 0) is 16.1 Å². The van der Waals surface area contributed by atoms with Crippen LogP contribution in [0.4, 0.5) is 21.9 Å². The number of aromatic nitrogens is 1. The highest BCUT2D eigenvalue weighted by Gasteiger charge is 2.12. The molecule has 162 valence electrons. The molecule has 3 N–H and O–H groups in total. The molecule has 0 aliphatic heterocycles. The Labute approximate surface area is 181 Å². The highest BCUT2D eigenvalue weighted by atomic mass is 16.2. The number of fused-ring (bicyclic) bond motifs is 1. The lowest BCUT2D eigenvalue weighted by Crippen LogP contribution is -2.33. The molecule has 8 nitrogen and oxygen atoms in total. The number of carbonyl (C=O) groups excluding carboxylic acids is 3. The first-order chi connectivity index (χ1) is 14.9. The predicted molar refractivity (Wildman–Crippen MR) is 123 cm³/mol. The van der Waals surface area contributed by atoms with Crippen molar-refractivity contribution in [2.24, 2.45) is 0 Å². The molecule has 0 radical (unpaired) electrons. The van der Waals surface area contributed by atoms with Crippen LogP contribution in [-0.4, -0.2) is 40.4 Å². The van der Waals surface area contributed by atoms with Crippen LogP contribution in [0, 0.1) is 0 Å². The summed E-state index contributed by atoms with van der Waals surface area (Å²) in [5.41, 5.74) is 2.73. The van der Waals surface area contributed by atoms with Gasteiger partial charge in [-0.1, -0.05) is 6.07 Å². The summed E-state index contributed by atoms with van der Waals surface area (Å²) in [4.78, 5) is 37.8. The number of amides is 4. The minimum atomic E-state index is -0.393. The predicted octanol–water partition coefficient (Wildman–Crippen LogP) is 4.11. The second kappa shape index (κ2) is 9.80. The zero-order chi connectivity index (χ0) is 22.4. The third-order valence-electron chi connectivity index (χ3n) is 4.89. The van der Waals surface area contributed by atoms with Crippen LogP contribution in [0.5, 0.6) is 0 Å². The van der Waals surface area contributed by atoms with E-state index in [0.29, 0.717) is 30.2 Å². The fourth-order valence-corrected chi connectivity index (χ4v) is 3.41. The maximum atomic E-state index is 12.4. The number of nitrogens with one attached hydrogen (secondary N) is 3. The Kier molecular flexibility index (Phi) is 6.92. The molecule has 31 heavy (non-hydrogen) atoms. The molecule has 1 aromatic heterocycles. The van der Waals surface area contributed by atoms with Gasteiger partial charge in [-0.25, -0.2) is 4.79 Å². The summed E-state index contributed by atoms with van der Waals surface area (Å²) in [6.45, 7) is 7.01. The molecule has 0 spiro atoms. The van der Waals surface area contributed by atoms with Crippen LogP contribution in [0.1, 0.15) is 20.8 Å². The van der Waals surface area contributed by atoms with Crippen LogP contribution < -0.4 is 16.0 Å². The summed E-state index contributed by atoms with van der Waals surface area (Å²) in [7, 11) is 0. The van der Waals surface area contributed by atoms with E-state index in [2.05, 4.69) is 16.0 Å². The molecular weight excluding hydrogens is 394 g/mol. The van der Waals surface area contributed by atoms with Crippen LogP contribution in [0.2, 0.25) is 0 Å². The third kappa shape index (κ3) is 5.63. The van der Waals surface area contributed by atoms with Crippen molar-refractivity contribution in [1.82, 2.24) is 9.47 Å². The Bertz CT molecular complexity index is 1100. The van der Waals surface area contributed by atoms with Crippen molar-refractivity contribution < 1.29 is 14.4 Å². The minimum absolute atomic E-state index is 0.0746. The zero-order valence-corrected chi connectivity index (χ0v) is 17.9. The molecule has 0 aliphatic carbocycles. The van der Waals surface area contributed by atoms with Crippen molar-refractivity contribution in [3.05, 3.63) is 54.7 Å². The molecular formula is C23H27N5O3. The second-order valence-corrected chi connectivity index (χ2v) is 7.12. The maximum absolute atomic E-state index is 12.4. The van der Waals surface area contributed by atoms with Crippen molar-refractivity contribution in [1.29, 1.82) is 0 Å². The van der Waals surface area contributed by atoms with E-state index < -0.39 is 6.03 Å². The summed E-state index contributed by atoms with van der Waals surface area (Å²) >= 11 is 0. The van der Waals surface area contributed by atoms with E-state index in [-0.39, 0.29) is 18.4 Å². The normalized spacial score (nSPS) is 10.5. The van der Waals surface area contributed by atoms with Crippen LogP contribution in [0.25, 0.3) is 10.9 Å². The summed E-state index contributed by atoms with van der Waals surface area (Å²) < 4.78 is 1.91. The number of benzene rings is 2. The van der Waals surface area contributed by atoms with Gasteiger partial charge >= 0.3 is 6.03 Å². The van der Waals surface area contributed by atoms with Crippen LogP contribution in [0.15, 0.2) is 54.7 Å². The van der Waals surface area contributed by atoms with Gasteiger partial charge in [0.15, 0.2) is 0 Å². The van der Waals surface area contributed by atoms with Gasteiger partial charge in [0, 0.05) is 54.2 Å². The molecule has 0 saturated heterocycles. The Balaban J connectivity index is 1.67. The molecule has 4 amide bonds. The molecule has 1 heterocycles. The molecule has 3 aromatic rings. The number of hydrogen-bond donors (Lipinski definition) is 3. The Hall–Kier alpha value is -3.81. The third-order valence-corrected chi connectivity index (χ3v) is 4.89. The SMILES string of the molecule is CCN(CC)C(=O)Cn1ccc2cc(NC(=O)Nc3cccc(NC(C)=O)c3)ccc21. The average molecular weight is 422 g/mol.